The van der Waals surface area contributed by atoms with Gasteiger partial charge in [0.2, 0.25) is 9.84 Å². The Morgan fingerprint density at radius 2 is 1.92 bits per heavy atom. The first-order valence-electron chi connectivity index (χ1n) is 7.43. The van der Waals surface area contributed by atoms with Crippen molar-refractivity contribution in [2.24, 2.45) is 5.92 Å². The smallest absolute Gasteiger partial charge is 0.352 e. The lowest BCUT2D eigenvalue weighted by atomic mass is 9.99. The van der Waals surface area contributed by atoms with Crippen LogP contribution in [-0.4, -0.2) is 61.7 Å². The van der Waals surface area contributed by atoms with Crippen LogP contribution < -0.4 is 0 Å². The Balaban J connectivity index is 2.19. The van der Waals surface area contributed by atoms with Gasteiger partial charge in [-0.1, -0.05) is 15.9 Å². The van der Waals surface area contributed by atoms with E-state index in [0.717, 1.165) is 7.11 Å². The van der Waals surface area contributed by atoms with Gasteiger partial charge in [-0.05, 0) is 30.7 Å². The van der Waals surface area contributed by atoms with E-state index in [9.17, 15) is 28.2 Å². The van der Waals surface area contributed by atoms with E-state index in [1.54, 1.807) is 0 Å². The monoisotopic (exact) mass is 452 g/mol. The summed E-state index contributed by atoms with van der Waals surface area (Å²) >= 11 is 3.19. The van der Waals surface area contributed by atoms with Crippen LogP contribution >= 0.6 is 15.9 Å². The average molecular weight is 453 g/mol. The molecule has 5 atom stereocenters. The van der Waals surface area contributed by atoms with Gasteiger partial charge in [0.15, 0.2) is 5.44 Å². The predicted octanol–water partition coefficient (Wildman–Crippen LogP) is -0.0207. The van der Waals surface area contributed by atoms with Crippen molar-refractivity contribution in [1.82, 2.24) is 0 Å². The number of hydrogen-bond donors (Lipinski definition) is 2. The third kappa shape index (κ3) is 4.30. The van der Waals surface area contributed by atoms with E-state index in [1.165, 1.54) is 24.3 Å². The van der Waals surface area contributed by atoms with E-state index in [0.29, 0.717) is 4.47 Å². The maximum Gasteiger partial charge on any atom is 0.352 e. The molecule has 2 N–H and O–H groups in total. The van der Waals surface area contributed by atoms with Crippen molar-refractivity contribution in [3.05, 3.63) is 28.7 Å². The van der Waals surface area contributed by atoms with Crippen LogP contribution in [0.15, 0.2) is 33.6 Å². The second kappa shape index (κ2) is 8.55. The van der Waals surface area contributed by atoms with Crippen molar-refractivity contribution in [1.29, 1.82) is 0 Å². The Morgan fingerprint density at radius 3 is 2.46 bits per heavy atom. The summed E-state index contributed by atoms with van der Waals surface area (Å²) in [5.41, 5.74) is -1.74. The van der Waals surface area contributed by atoms with E-state index >= 15 is 0 Å². The van der Waals surface area contributed by atoms with Crippen molar-refractivity contribution in [2.75, 3.05) is 7.11 Å². The molecule has 144 valence electrons. The number of ether oxygens (including phenoxy) is 1. The first kappa shape index (κ1) is 20.9. The summed E-state index contributed by atoms with van der Waals surface area (Å²) in [4.78, 5) is 31.0. The van der Waals surface area contributed by atoms with Gasteiger partial charge >= 0.3 is 5.97 Å². The zero-order valence-electron chi connectivity index (χ0n) is 13.5. The fourth-order valence-electron chi connectivity index (χ4n) is 2.53. The van der Waals surface area contributed by atoms with Crippen LogP contribution in [0.1, 0.15) is 6.42 Å². The predicted molar refractivity (Wildman–Crippen MR) is 89.3 cm³/mol. The number of halogens is 1. The lowest BCUT2D eigenvalue weighted by molar-refractivity contribution is -0.258. The standard InChI is InChI=1S/C15H17BrO9S/c1-23-25-14(20)8(7-17)6-11-12(18)13(19)15(24-11)26(21,22)10-4-2-9(16)3-5-10/h2-5,7-8,11-13,15,18-19H,6H2,1H3. The van der Waals surface area contributed by atoms with Crippen molar-refractivity contribution < 1.29 is 42.7 Å². The average Bonchev–Trinajstić information content (AvgIpc) is 2.89. The van der Waals surface area contributed by atoms with Gasteiger partial charge in [-0.3, -0.25) is 4.89 Å². The van der Waals surface area contributed by atoms with E-state index in [2.05, 4.69) is 25.7 Å². The fourth-order valence-corrected chi connectivity index (χ4v) is 4.39. The van der Waals surface area contributed by atoms with Crippen molar-refractivity contribution in [2.45, 2.75) is 35.1 Å². The van der Waals surface area contributed by atoms with Crippen LogP contribution in [0.5, 0.6) is 0 Å². The Bertz CT molecular complexity index is 749. The second-order valence-electron chi connectivity index (χ2n) is 5.57. The summed E-state index contributed by atoms with van der Waals surface area (Å²) in [5, 5.41) is 20.2. The molecule has 0 amide bonds. The minimum atomic E-state index is -4.13. The van der Waals surface area contributed by atoms with Gasteiger partial charge in [0, 0.05) is 4.47 Å². The lowest BCUT2D eigenvalue weighted by Crippen LogP contribution is -2.37. The van der Waals surface area contributed by atoms with Crippen LogP contribution in [0.4, 0.5) is 0 Å². The van der Waals surface area contributed by atoms with Gasteiger partial charge in [0.05, 0.1) is 18.1 Å². The van der Waals surface area contributed by atoms with E-state index in [-0.39, 0.29) is 17.6 Å². The Kier molecular flexibility index (Phi) is 6.88. The van der Waals surface area contributed by atoms with Crippen LogP contribution in [0.25, 0.3) is 0 Å². The van der Waals surface area contributed by atoms with Crippen molar-refractivity contribution in [3.63, 3.8) is 0 Å². The molecule has 1 saturated heterocycles. The SMILES string of the molecule is COOC(=O)C(C=O)CC1OC(S(=O)(=O)c2ccc(Br)cc2)C(O)C1O. The van der Waals surface area contributed by atoms with Gasteiger partial charge < -0.3 is 19.7 Å². The molecule has 0 aromatic heterocycles. The molecule has 1 aliphatic rings. The minimum absolute atomic E-state index is 0.108. The number of hydrogen-bond acceptors (Lipinski definition) is 9. The molecule has 5 unspecified atom stereocenters. The molecule has 0 radical (unpaired) electrons. The molecule has 9 nitrogen and oxygen atoms in total. The molecular formula is C15H17BrO9S. The van der Waals surface area contributed by atoms with E-state index in [1.807, 2.05) is 0 Å². The maximum atomic E-state index is 12.6. The molecule has 2 rings (SSSR count). The zero-order valence-corrected chi connectivity index (χ0v) is 15.9. The molecule has 1 heterocycles. The largest absolute Gasteiger partial charge is 0.388 e. The number of sulfone groups is 1. The lowest BCUT2D eigenvalue weighted by Gasteiger charge is -2.17. The summed E-state index contributed by atoms with van der Waals surface area (Å²) in [5.74, 6) is -2.37. The molecule has 0 bridgehead atoms. The summed E-state index contributed by atoms with van der Waals surface area (Å²) in [6, 6.07) is 5.65. The van der Waals surface area contributed by atoms with Gasteiger partial charge in [-0.2, -0.15) is 4.89 Å². The highest BCUT2D eigenvalue weighted by molar-refractivity contribution is 9.10. The molecule has 11 heteroatoms. The minimum Gasteiger partial charge on any atom is -0.388 e. The number of carbonyl (C=O) groups excluding carboxylic acids is 2. The third-order valence-electron chi connectivity index (χ3n) is 3.89. The molecule has 26 heavy (non-hydrogen) atoms. The van der Waals surface area contributed by atoms with Gasteiger partial charge in [0.1, 0.15) is 24.4 Å². The van der Waals surface area contributed by atoms with Gasteiger partial charge in [0.25, 0.3) is 0 Å². The summed E-state index contributed by atoms with van der Waals surface area (Å²) in [6.07, 6.45) is -4.74. The first-order chi connectivity index (χ1) is 12.2. The second-order valence-corrected chi connectivity index (χ2v) is 8.51. The molecule has 1 aliphatic heterocycles. The highest BCUT2D eigenvalue weighted by Crippen LogP contribution is 2.32. The van der Waals surface area contributed by atoms with Crippen LogP contribution in [0, 0.1) is 5.92 Å². The number of rotatable bonds is 7. The highest BCUT2D eigenvalue weighted by Gasteiger charge is 2.50. The van der Waals surface area contributed by atoms with Crippen LogP contribution in [-0.2, 0) is 33.9 Å². The zero-order chi connectivity index (χ0) is 19.5. The Labute approximate surface area is 157 Å². The van der Waals surface area contributed by atoms with Crippen LogP contribution in [0.2, 0.25) is 0 Å². The molecule has 1 fully saturated rings. The van der Waals surface area contributed by atoms with Crippen LogP contribution in [0.3, 0.4) is 0 Å². The topological polar surface area (TPSA) is 136 Å². The molecule has 1 aromatic carbocycles. The van der Waals surface area contributed by atoms with Crippen molar-refractivity contribution >= 4 is 38.0 Å². The quantitative estimate of drug-likeness (QED) is 0.253. The summed E-state index contributed by atoms with van der Waals surface area (Å²) < 4.78 is 31.2. The Morgan fingerprint density at radius 1 is 1.31 bits per heavy atom. The number of aldehydes is 1. The number of benzene rings is 1. The summed E-state index contributed by atoms with van der Waals surface area (Å²) in [7, 11) is -3.05. The molecule has 0 aliphatic carbocycles. The van der Waals surface area contributed by atoms with Gasteiger partial charge in [-0.15, -0.1) is 0 Å². The molecule has 1 aromatic rings. The number of aliphatic hydroxyl groups excluding tert-OH is 2. The maximum absolute atomic E-state index is 12.6. The Hall–Kier alpha value is -1.37. The molecule has 0 spiro atoms. The highest BCUT2D eigenvalue weighted by atomic mass is 79.9. The van der Waals surface area contributed by atoms with Gasteiger partial charge in [-0.25, -0.2) is 13.2 Å². The van der Waals surface area contributed by atoms with E-state index in [4.69, 9.17) is 4.74 Å². The van der Waals surface area contributed by atoms with Crippen molar-refractivity contribution in [3.8, 4) is 0 Å². The first-order valence-corrected chi connectivity index (χ1v) is 9.77. The number of aliphatic hydroxyl groups is 2. The molecular weight excluding hydrogens is 436 g/mol. The fraction of sp³-hybridized carbons (Fsp3) is 0.467. The number of carbonyl (C=O) groups is 2. The third-order valence-corrected chi connectivity index (χ3v) is 6.34. The normalized spacial score (nSPS) is 27.1. The van der Waals surface area contributed by atoms with E-state index < -0.39 is 45.5 Å². The molecule has 0 saturated carbocycles. The summed E-state index contributed by atoms with van der Waals surface area (Å²) in [6.45, 7) is 0.